The number of amides is 2. The Bertz CT molecular complexity index is 748. The summed E-state index contributed by atoms with van der Waals surface area (Å²) >= 11 is 0. The molecule has 2 rings (SSSR count). The molecule has 2 saturated heterocycles. The average Bonchev–Trinajstić information content (AvgIpc) is 2.88. The lowest BCUT2D eigenvalue weighted by Gasteiger charge is -2.48. The molecule has 0 aromatic carbocycles. The fourth-order valence-corrected chi connectivity index (χ4v) is 4.14. The van der Waals surface area contributed by atoms with Crippen molar-refractivity contribution in [2.45, 2.75) is 93.5 Å². The summed E-state index contributed by atoms with van der Waals surface area (Å²) in [6, 6.07) is -1.48. The summed E-state index contributed by atoms with van der Waals surface area (Å²) in [6.45, 7) is -0.581. The highest BCUT2D eigenvalue weighted by Crippen LogP contribution is 2.30. The van der Waals surface area contributed by atoms with Crippen molar-refractivity contribution in [1.82, 2.24) is 10.6 Å². The minimum atomic E-state index is -1.85. The van der Waals surface area contributed by atoms with Gasteiger partial charge in [-0.15, -0.1) is 0 Å². The van der Waals surface area contributed by atoms with Crippen molar-refractivity contribution >= 4 is 11.8 Å². The summed E-state index contributed by atoms with van der Waals surface area (Å²) in [5.74, 6) is -1.19. The van der Waals surface area contributed by atoms with Crippen LogP contribution in [0.25, 0.3) is 0 Å². The first-order valence-electron chi connectivity index (χ1n) is 11.9. The predicted molar refractivity (Wildman–Crippen MR) is 121 cm³/mol. The maximum atomic E-state index is 11.9. The van der Waals surface area contributed by atoms with E-state index in [1.807, 2.05) is 0 Å². The molecule has 17 heteroatoms. The number of hydrogen-bond donors (Lipinski definition) is 11. The molecule has 0 aromatic rings. The van der Waals surface area contributed by atoms with Gasteiger partial charge >= 0.3 is 0 Å². The molecule has 38 heavy (non-hydrogen) atoms. The molecule has 222 valence electrons. The van der Waals surface area contributed by atoms with Crippen molar-refractivity contribution in [2.75, 3.05) is 26.4 Å². The minimum absolute atomic E-state index is 0.336. The lowest BCUT2D eigenvalue weighted by atomic mass is 9.94. The van der Waals surface area contributed by atoms with Crippen molar-refractivity contribution < 1.29 is 74.5 Å². The molecule has 2 aliphatic heterocycles. The summed E-state index contributed by atoms with van der Waals surface area (Å²) in [5.41, 5.74) is 0. The van der Waals surface area contributed by atoms with E-state index >= 15 is 0 Å². The van der Waals surface area contributed by atoms with Crippen LogP contribution < -0.4 is 10.6 Å². The zero-order chi connectivity index (χ0) is 28.7. The number of carbonyl (C=O) groups excluding carboxylic acids is 2. The molecule has 2 aliphatic rings. The van der Waals surface area contributed by atoms with Crippen molar-refractivity contribution in [3.05, 3.63) is 0 Å². The number of hydrogen-bond acceptors (Lipinski definition) is 15. The van der Waals surface area contributed by atoms with E-state index in [-0.39, 0.29) is 6.54 Å². The van der Waals surface area contributed by atoms with E-state index in [4.69, 9.17) is 18.9 Å². The van der Waals surface area contributed by atoms with Gasteiger partial charge in [0.1, 0.15) is 67.1 Å². The van der Waals surface area contributed by atoms with Crippen LogP contribution in [0.5, 0.6) is 0 Å². The molecule has 0 bridgehead atoms. The van der Waals surface area contributed by atoms with E-state index in [0.717, 1.165) is 6.92 Å². The van der Waals surface area contributed by atoms with E-state index < -0.39 is 111 Å². The molecular formula is C21H38N2O15. The van der Waals surface area contributed by atoms with Crippen LogP contribution in [0, 0.1) is 0 Å². The van der Waals surface area contributed by atoms with Gasteiger partial charge in [-0.3, -0.25) is 9.59 Å². The van der Waals surface area contributed by atoms with Gasteiger partial charge in [0.15, 0.2) is 12.6 Å². The molecule has 13 atom stereocenters. The van der Waals surface area contributed by atoms with Gasteiger partial charge in [0.25, 0.3) is 0 Å². The number of nitrogens with one attached hydrogen (secondary N) is 2. The summed E-state index contributed by atoms with van der Waals surface area (Å²) in [5, 5.41) is 94.7. The van der Waals surface area contributed by atoms with Gasteiger partial charge in [0.05, 0.1) is 19.8 Å². The third-order valence-electron chi connectivity index (χ3n) is 6.16. The summed E-state index contributed by atoms with van der Waals surface area (Å²) in [6.07, 6.45) is -19.7. The van der Waals surface area contributed by atoms with Crippen LogP contribution >= 0.6 is 0 Å². The Morgan fingerprint density at radius 2 is 1.39 bits per heavy atom. The van der Waals surface area contributed by atoms with E-state index in [0.29, 0.717) is 0 Å². The standard InChI is InChI=1S/C21H38N2O15/c1-7(27)22-3-11-19(38-21-17(34)16(33)14(31)12(6-26)36-21)15(32)13(23-8(2)28)20(35-11)37-18(9(29)4-24)10(30)5-25/h9-21,24-26,29-34H,3-6H2,1-2H3,(H,22,27)(H,23,28)/t9-,10+,11-,12+,13+,14+,15+,16-,17-,18?,19+,20+,21+/m0/s1. The van der Waals surface area contributed by atoms with Gasteiger partial charge in [-0.2, -0.15) is 0 Å². The van der Waals surface area contributed by atoms with Crippen LogP contribution in [0.15, 0.2) is 0 Å². The van der Waals surface area contributed by atoms with Gasteiger partial charge in [-0.25, -0.2) is 0 Å². The van der Waals surface area contributed by atoms with E-state index in [1.165, 1.54) is 6.92 Å². The smallest absolute Gasteiger partial charge is 0.217 e. The van der Waals surface area contributed by atoms with Gasteiger partial charge in [-0.1, -0.05) is 0 Å². The van der Waals surface area contributed by atoms with E-state index in [1.54, 1.807) is 0 Å². The normalized spacial score (nSPS) is 38.2. The number of rotatable bonds is 12. The molecule has 0 spiro atoms. The molecular weight excluding hydrogens is 520 g/mol. The fraction of sp³-hybridized carbons (Fsp3) is 0.905. The molecule has 0 aliphatic carbocycles. The van der Waals surface area contributed by atoms with Crippen molar-refractivity contribution in [1.29, 1.82) is 0 Å². The molecule has 2 amide bonds. The van der Waals surface area contributed by atoms with Crippen LogP contribution in [0.1, 0.15) is 13.8 Å². The maximum absolute atomic E-state index is 11.9. The number of carbonyl (C=O) groups is 2. The second kappa shape index (κ2) is 14.7. The highest BCUT2D eigenvalue weighted by atomic mass is 16.7. The van der Waals surface area contributed by atoms with Gasteiger partial charge in [0, 0.05) is 20.4 Å². The number of ether oxygens (including phenoxy) is 4. The lowest BCUT2D eigenvalue weighted by molar-refractivity contribution is -0.351. The molecule has 0 radical (unpaired) electrons. The molecule has 2 heterocycles. The maximum Gasteiger partial charge on any atom is 0.217 e. The molecule has 1 unspecified atom stereocenters. The van der Waals surface area contributed by atoms with E-state index in [9.17, 15) is 55.5 Å². The lowest BCUT2D eigenvalue weighted by Crippen LogP contribution is -2.69. The Kier molecular flexibility index (Phi) is 12.6. The van der Waals surface area contributed by atoms with Crippen molar-refractivity contribution in [3.63, 3.8) is 0 Å². The Labute approximate surface area is 217 Å². The summed E-state index contributed by atoms with van der Waals surface area (Å²) in [7, 11) is 0. The van der Waals surface area contributed by atoms with Crippen LogP contribution in [-0.2, 0) is 28.5 Å². The molecule has 17 nitrogen and oxygen atoms in total. The van der Waals surface area contributed by atoms with Crippen LogP contribution in [-0.4, -0.2) is 164 Å². The average molecular weight is 559 g/mol. The zero-order valence-electron chi connectivity index (χ0n) is 20.8. The third-order valence-corrected chi connectivity index (χ3v) is 6.16. The van der Waals surface area contributed by atoms with Crippen LogP contribution in [0.2, 0.25) is 0 Å². The second-order valence-corrected chi connectivity index (χ2v) is 9.10. The molecule has 0 saturated carbocycles. The van der Waals surface area contributed by atoms with Gasteiger partial charge in [0.2, 0.25) is 11.8 Å². The summed E-state index contributed by atoms with van der Waals surface area (Å²) < 4.78 is 22.4. The van der Waals surface area contributed by atoms with Crippen LogP contribution in [0.4, 0.5) is 0 Å². The first-order chi connectivity index (χ1) is 17.9. The molecule has 11 N–H and O–H groups in total. The zero-order valence-corrected chi connectivity index (χ0v) is 20.8. The van der Waals surface area contributed by atoms with Crippen molar-refractivity contribution in [3.8, 4) is 0 Å². The van der Waals surface area contributed by atoms with Gasteiger partial charge < -0.3 is 75.5 Å². The van der Waals surface area contributed by atoms with Crippen molar-refractivity contribution in [2.24, 2.45) is 0 Å². The monoisotopic (exact) mass is 558 g/mol. The molecule has 0 aromatic heterocycles. The Hall–Kier alpha value is -1.58. The first kappa shape index (κ1) is 32.6. The fourth-order valence-electron chi connectivity index (χ4n) is 4.14. The Balaban J connectivity index is 2.39. The Morgan fingerprint density at radius 1 is 0.816 bits per heavy atom. The second-order valence-electron chi connectivity index (χ2n) is 9.10. The highest BCUT2D eigenvalue weighted by molar-refractivity contribution is 5.73. The quantitative estimate of drug-likeness (QED) is 0.106. The Morgan fingerprint density at radius 3 is 1.89 bits per heavy atom. The number of aliphatic hydroxyl groups excluding tert-OH is 9. The topological polar surface area (TPSA) is 277 Å². The largest absolute Gasteiger partial charge is 0.394 e. The third kappa shape index (κ3) is 7.98. The van der Waals surface area contributed by atoms with Gasteiger partial charge in [-0.05, 0) is 0 Å². The van der Waals surface area contributed by atoms with Crippen LogP contribution in [0.3, 0.4) is 0 Å². The minimum Gasteiger partial charge on any atom is -0.394 e. The first-order valence-corrected chi connectivity index (χ1v) is 11.9. The van der Waals surface area contributed by atoms with E-state index in [2.05, 4.69) is 10.6 Å². The SMILES string of the molecule is CC(=O)NC[C@@H]1O[C@H](OC([C@H](O)CO)[C@@H](O)CO)[C@H](NC(C)=O)[C@@H](O)[C@@H]1O[C@H]1O[C@H](CO)[C@@H](O)[C@H](O)[C@@H]1O. The predicted octanol–water partition coefficient (Wildman–Crippen LogP) is -7.01. The summed E-state index contributed by atoms with van der Waals surface area (Å²) in [4.78, 5) is 23.5. The number of aliphatic hydroxyl groups is 9. The molecule has 2 fully saturated rings. The highest BCUT2D eigenvalue weighted by Gasteiger charge is 2.52.